The topological polar surface area (TPSA) is 127 Å². The molecular weight excluding hydrogens is 490 g/mol. The molecule has 0 spiro atoms. The van der Waals surface area contributed by atoms with Crippen molar-refractivity contribution in [2.45, 2.75) is 46.1 Å². The van der Waals surface area contributed by atoms with Gasteiger partial charge in [-0.25, -0.2) is 14.8 Å². The molecule has 3 aromatic carbocycles. The van der Waals surface area contributed by atoms with E-state index < -0.39 is 17.8 Å². The lowest BCUT2D eigenvalue weighted by atomic mass is 9.98. The molecule has 39 heavy (non-hydrogen) atoms. The van der Waals surface area contributed by atoms with Crippen LogP contribution in [0.5, 0.6) is 0 Å². The Kier molecular flexibility index (Phi) is 7.02. The number of benzene rings is 3. The highest BCUT2D eigenvalue weighted by molar-refractivity contribution is 5.96. The maximum atomic E-state index is 11.7. The fourth-order valence-corrected chi connectivity index (χ4v) is 4.91. The highest BCUT2D eigenvalue weighted by Crippen LogP contribution is 2.30. The third-order valence-electron chi connectivity index (χ3n) is 7.09. The third-order valence-corrected chi connectivity index (χ3v) is 7.09. The summed E-state index contributed by atoms with van der Waals surface area (Å²) < 4.78 is 2.25. The number of rotatable bonds is 9. The van der Waals surface area contributed by atoms with E-state index in [0.717, 1.165) is 57.6 Å². The van der Waals surface area contributed by atoms with Gasteiger partial charge < -0.3 is 20.4 Å². The Bertz CT molecular complexity index is 1680. The minimum absolute atomic E-state index is 0.283. The first-order chi connectivity index (χ1) is 18.8. The number of hydrogen-bond acceptors (Lipinski definition) is 4. The van der Waals surface area contributed by atoms with E-state index in [1.54, 1.807) is 25.3 Å². The van der Waals surface area contributed by atoms with Gasteiger partial charge in [0.1, 0.15) is 11.6 Å². The summed E-state index contributed by atoms with van der Waals surface area (Å²) >= 11 is 0. The van der Waals surface area contributed by atoms with Crippen LogP contribution in [0.4, 0.5) is 0 Å². The molecule has 0 aliphatic rings. The summed E-state index contributed by atoms with van der Waals surface area (Å²) in [5.41, 5.74) is 13.1. The van der Waals surface area contributed by atoms with Gasteiger partial charge in [-0.3, -0.25) is 4.79 Å². The molecule has 8 nitrogen and oxygen atoms in total. The number of nitrogens with zero attached hydrogens (tertiary/aromatic N) is 3. The quantitative estimate of drug-likeness (QED) is 0.230. The van der Waals surface area contributed by atoms with Crippen molar-refractivity contribution in [1.82, 2.24) is 19.5 Å². The summed E-state index contributed by atoms with van der Waals surface area (Å²) in [6.45, 7) is 6.55. The number of carboxylic acid groups (broad SMARTS) is 1. The maximum absolute atomic E-state index is 11.7. The number of aromatic nitrogens is 4. The van der Waals surface area contributed by atoms with Crippen LogP contribution in [0.25, 0.3) is 33.4 Å². The van der Waals surface area contributed by atoms with Crippen molar-refractivity contribution < 1.29 is 14.7 Å². The molecule has 0 aliphatic heterocycles. The van der Waals surface area contributed by atoms with Crippen LogP contribution < -0.4 is 5.73 Å². The molecule has 0 fully saturated rings. The van der Waals surface area contributed by atoms with E-state index >= 15 is 0 Å². The molecule has 0 bridgehead atoms. The molecular formula is C31H31N5O3. The monoisotopic (exact) mass is 521 g/mol. The fourth-order valence-electron chi connectivity index (χ4n) is 4.91. The lowest BCUT2D eigenvalue weighted by Crippen LogP contribution is -2.19. The number of aromatic amines is 1. The predicted molar refractivity (Wildman–Crippen MR) is 152 cm³/mol. The van der Waals surface area contributed by atoms with Gasteiger partial charge in [-0.2, -0.15) is 0 Å². The first-order valence-electron chi connectivity index (χ1n) is 13.0. The number of nitrogens with two attached hydrogens (primary N) is 1. The van der Waals surface area contributed by atoms with E-state index in [0.29, 0.717) is 17.9 Å². The molecule has 0 saturated heterocycles. The normalized spacial score (nSPS) is 12.1. The van der Waals surface area contributed by atoms with Gasteiger partial charge >= 0.3 is 5.97 Å². The molecule has 0 saturated carbocycles. The Morgan fingerprint density at radius 3 is 2.49 bits per heavy atom. The average molecular weight is 522 g/mol. The number of H-pyrrole nitrogens is 1. The Balaban J connectivity index is 1.53. The number of carboxylic acids is 1. The molecule has 1 atom stereocenters. The van der Waals surface area contributed by atoms with Gasteiger partial charge in [0.2, 0.25) is 5.91 Å². The number of aryl methyl sites for hydroxylation is 2. The van der Waals surface area contributed by atoms with Crippen LogP contribution in [0.15, 0.2) is 66.9 Å². The molecule has 1 amide bonds. The number of nitrogens with one attached hydrogen (secondary N) is 1. The Morgan fingerprint density at radius 1 is 1.05 bits per heavy atom. The highest BCUT2D eigenvalue weighted by Gasteiger charge is 2.19. The van der Waals surface area contributed by atoms with Crippen LogP contribution in [-0.4, -0.2) is 36.5 Å². The van der Waals surface area contributed by atoms with Crippen molar-refractivity contribution >= 4 is 22.9 Å². The van der Waals surface area contributed by atoms with Crippen molar-refractivity contribution in [1.29, 1.82) is 0 Å². The number of amides is 1. The first-order valence-corrected chi connectivity index (χ1v) is 13.0. The lowest BCUT2D eigenvalue weighted by Gasteiger charge is -2.12. The van der Waals surface area contributed by atoms with Gasteiger partial charge in [-0.1, -0.05) is 49.4 Å². The van der Waals surface area contributed by atoms with E-state index in [1.165, 1.54) is 0 Å². The number of hydrogen-bond donors (Lipinski definition) is 3. The Labute approximate surface area is 226 Å². The second kappa shape index (κ2) is 10.6. The van der Waals surface area contributed by atoms with E-state index in [2.05, 4.69) is 33.6 Å². The fraction of sp³-hybridized carbons (Fsp3) is 0.226. The summed E-state index contributed by atoms with van der Waals surface area (Å²) in [6.07, 6.45) is 3.61. The zero-order valence-electron chi connectivity index (χ0n) is 22.2. The summed E-state index contributed by atoms with van der Waals surface area (Å²) in [5, 5.41) is 9.58. The van der Waals surface area contributed by atoms with Gasteiger partial charge in [-0.05, 0) is 60.7 Å². The minimum Gasteiger partial charge on any atom is -0.478 e. The summed E-state index contributed by atoms with van der Waals surface area (Å²) in [5.74, 6) is -0.320. The van der Waals surface area contributed by atoms with Gasteiger partial charge in [0.15, 0.2) is 0 Å². The second-order valence-electron chi connectivity index (χ2n) is 9.87. The number of carbonyl (C=O) groups excluding carboxylic acids is 1. The zero-order chi connectivity index (χ0) is 27.7. The van der Waals surface area contributed by atoms with Gasteiger partial charge in [0, 0.05) is 24.7 Å². The molecule has 2 aromatic heterocycles. The van der Waals surface area contributed by atoms with E-state index in [9.17, 15) is 14.7 Å². The maximum Gasteiger partial charge on any atom is 0.336 e. The molecule has 5 aromatic rings. The highest BCUT2D eigenvalue weighted by atomic mass is 16.4. The van der Waals surface area contributed by atoms with Gasteiger partial charge in [-0.15, -0.1) is 0 Å². The lowest BCUT2D eigenvalue weighted by molar-refractivity contribution is -0.119. The number of fused-ring (bicyclic) bond motifs is 1. The summed E-state index contributed by atoms with van der Waals surface area (Å²) in [7, 11) is 0. The van der Waals surface area contributed by atoms with Crippen molar-refractivity contribution in [3.8, 4) is 22.4 Å². The number of carbonyl (C=O) groups is 2. The van der Waals surface area contributed by atoms with Crippen LogP contribution in [0.2, 0.25) is 0 Å². The first kappa shape index (κ1) is 25.9. The second-order valence-corrected chi connectivity index (χ2v) is 9.87. The summed E-state index contributed by atoms with van der Waals surface area (Å²) in [4.78, 5) is 36.0. The molecule has 2 heterocycles. The van der Waals surface area contributed by atoms with E-state index in [1.807, 2.05) is 43.3 Å². The van der Waals surface area contributed by atoms with Gasteiger partial charge in [0.05, 0.1) is 28.2 Å². The Morgan fingerprint density at radius 2 is 1.79 bits per heavy atom. The van der Waals surface area contributed by atoms with Crippen molar-refractivity contribution in [2.75, 3.05) is 0 Å². The minimum atomic E-state index is -0.942. The van der Waals surface area contributed by atoms with Gasteiger partial charge in [0.25, 0.3) is 0 Å². The number of primary amides is 1. The SMILES string of the molecule is CCCc1nc2c(C)cc(-c3c[nH]c(C(C)C(N)=O)n3)cc2n1Cc1ccc(-c2ccccc2C(=O)O)cc1. The number of aromatic carboxylic acids is 1. The van der Waals surface area contributed by atoms with Crippen molar-refractivity contribution in [2.24, 2.45) is 5.73 Å². The van der Waals surface area contributed by atoms with Crippen molar-refractivity contribution in [3.63, 3.8) is 0 Å². The number of imidazole rings is 2. The third kappa shape index (κ3) is 5.05. The zero-order valence-corrected chi connectivity index (χ0v) is 22.2. The Hall–Kier alpha value is -4.72. The molecule has 0 radical (unpaired) electrons. The predicted octanol–water partition coefficient (Wildman–Crippen LogP) is 5.69. The summed E-state index contributed by atoms with van der Waals surface area (Å²) in [6, 6.07) is 19.2. The van der Waals surface area contributed by atoms with Crippen LogP contribution in [0.1, 0.15) is 59.3 Å². The molecule has 1 unspecified atom stereocenters. The molecule has 4 N–H and O–H groups in total. The van der Waals surface area contributed by atoms with Crippen LogP contribution >= 0.6 is 0 Å². The molecule has 0 aliphatic carbocycles. The van der Waals surface area contributed by atoms with E-state index in [4.69, 9.17) is 10.7 Å². The van der Waals surface area contributed by atoms with Crippen molar-refractivity contribution in [3.05, 3.63) is 95.2 Å². The van der Waals surface area contributed by atoms with Crippen LogP contribution in [-0.2, 0) is 17.8 Å². The molecule has 8 heteroatoms. The average Bonchev–Trinajstić information content (AvgIpc) is 3.55. The smallest absolute Gasteiger partial charge is 0.336 e. The molecule has 5 rings (SSSR count). The molecule has 198 valence electrons. The standard InChI is InChI=1S/C31H31N5O3/c1-4-7-27-35-28-18(2)14-22(25-16-33-30(34-25)19(3)29(32)37)15-26(28)36(27)17-20-10-12-21(13-11-20)23-8-5-6-9-24(23)31(38)39/h5-6,8-16,19H,4,7,17H2,1-3H3,(H2,32,37)(H,33,34)(H,38,39). The van der Waals surface area contributed by atoms with Crippen LogP contribution in [0, 0.1) is 6.92 Å². The largest absolute Gasteiger partial charge is 0.478 e. The van der Waals surface area contributed by atoms with E-state index in [-0.39, 0.29) is 5.56 Å². The van der Waals surface area contributed by atoms with Crippen LogP contribution in [0.3, 0.4) is 0 Å².